The monoisotopic (exact) mass is 568 g/mol. The van der Waals surface area contributed by atoms with Crippen molar-refractivity contribution in [2.75, 3.05) is 0 Å². The lowest BCUT2D eigenvalue weighted by atomic mass is 10.1. The second-order valence-electron chi connectivity index (χ2n) is 5.37. The van der Waals surface area contributed by atoms with Crippen LogP contribution in [0.4, 0.5) is 0 Å². The van der Waals surface area contributed by atoms with E-state index in [9.17, 15) is 19.2 Å². The number of esters is 4. The predicted molar refractivity (Wildman–Crippen MR) is 112 cm³/mol. The largest absolute Gasteiger partial charge is 0.386 e. The molecule has 0 radical (unpaired) electrons. The summed E-state index contributed by atoms with van der Waals surface area (Å²) < 4.78 is 8.68. The van der Waals surface area contributed by atoms with Gasteiger partial charge in [-0.3, -0.25) is 0 Å². The van der Waals surface area contributed by atoms with Crippen LogP contribution in [-0.2, 0) is 9.47 Å². The van der Waals surface area contributed by atoms with E-state index in [1.807, 2.05) is 0 Å². The third-order valence-corrected chi connectivity index (χ3v) is 7.33. The Kier molecular flexibility index (Phi) is 6.73. The van der Waals surface area contributed by atoms with Crippen LogP contribution in [0.15, 0.2) is 0 Å². The first-order valence-corrected chi connectivity index (χ1v) is 10.2. The van der Waals surface area contributed by atoms with Gasteiger partial charge in [0.2, 0.25) is 0 Å². The Morgan fingerprint density at radius 3 is 0.667 bits per heavy atom. The Morgan fingerprint density at radius 2 is 0.500 bits per heavy atom. The zero-order valence-electron chi connectivity index (χ0n) is 13.5. The van der Waals surface area contributed by atoms with Crippen LogP contribution in [0.5, 0.6) is 0 Å². The minimum atomic E-state index is -0.875. The normalized spacial score (nSPS) is 14.1. The van der Waals surface area contributed by atoms with E-state index in [2.05, 4.69) is 9.47 Å². The molecule has 2 aliphatic rings. The lowest BCUT2D eigenvalue weighted by Crippen LogP contribution is -1.97. The van der Waals surface area contributed by atoms with Crippen molar-refractivity contribution in [3.63, 3.8) is 0 Å². The highest BCUT2D eigenvalue weighted by atomic mass is 35.5. The number of carbonyl (C=O) groups is 4. The van der Waals surface area contributed by atoms with E-state index in [-0.39, 0.29) is 62.4 Å². The van der Waals surface area contributed by atoms with E-state index in [0.29, 0.717) is 0 Å². The van der Waals surface area contributed by atoms with Crippen molar-refractivity contribution in [2.45, 2.75) is 0 Å². The first kappa shape index (κ1) is 23.7. The van der Waals surface area contributed by atoms with Gasteiger partial charge in [0.05, 0.1) is 62.4 Å². The van der Waals surface area contributed by atoms with E-state index in [1.165, 1.54) is 0 Å². The molecular formula is C16Cl8O6. The number of ether oxygens (including phenoxy) is 2. The van der Waals surface area contributed by atoms with Crippen molar-refractivity contribution < 1.29 is 28.7 Å². The minimum Gasteiger partial charge on any atom is -0.386 e. The van der Waals surface area contributed by atoms with Crippen molar-refractivity contribution in [1.82, 2.24) is 0 Å². The number of benzene rings is 2. The molecule has 2 aromatic carbocycles. The topological polar surface area (TPSA) is 86.7 Å². The van der Waals surface area contributed by atoms with Gasteiger partial charge in [-0.2, -0.15) is 0 Å². The maximum Gasteiger partial charge on any atom is 0.348 e. The number of rotatable bonds is 0. The second kappa shape index (κ2) is 8.52. The molecule has 14 heteroatoms. The fourth-order valence-corrected chi connectivity index (χ4v) is 4.42. The van der Waals surface area contributed by atoms with Crippen molar-refractivity contribution in [1.29, 1.82) is 0 Å². The van der Waals surface area contributed by atoms with E-state index >= 15 is 0 Å². The average Bonchev–Trinajstić information content (AvgIpc) is 3.16. The summed E-state index contributed by atoms with van der Waals surface area (Å²) >= 11 is 45.8. The Labute approximate surface area is 206 Å². The number of carbonyl (C=O) groups excluding carboxylic acids is 4. The van der Waals surface area contributed by atoms with Crippen molar-refractivity contribution >= 4 is 117 Å². The Bertz CT molecular complexity index is 1020. The summed E-state index contributed by atoms with van der Waals surface area (Å²) in [5.41, 5.74) is -0.552. The van der Waals surface area contributed by atoms with Crippen LogP contribution in [0.25, 0.3) is 0 Å². The first-order valence-electron chi connectivity index (χ1n) is 7.14. The number of hydrogen-bond acceptors (Lipinski definition) is 6. The molecule has 0 aliphatic carbocycles. The van der Waals surface area contributed by atoms with E-state index in [0.717, 1.165) is 0 Å². The van der Waals surface area contributed by atoms with Crippen LogP contribution in [0.1, 0.15) is 41.4 Å². The number of halogens is 8. The van der Waals surface area contributed by atoms with Gasteiger partial charge in [-0.1, -0.05) is 92.8 Å². The molecule has 0 N–H and O–H groups in total. The average molecular weight is 572 g/mol. The van der Waals surface area contributed by atoms with Gasteiger partial charge in [0, 0.05) is 0 Å². The Morgan fingerprint density at radius 1 is 0.333 bits per heavy atom. The summed E-state index contributed by atoms with van der Waals surface area (Å²) in [6.45, 7) is 0. The van der Waals surface area contributed by atoms with Gasteiger partial charge in [-0.05, 0) is 0 Å². The molecular weight excluding hydrogens is 572 g/mol. The third kappa shape index (κ3) is 3.63. The summed E-state index contributed by atoms with van der Waals surface area (Å²) in [5.74, 6) is -3.50. The molecule has 0 saturated carbocycles. The maximum atomic E-state index is 11.2. The molecule has 30 heavy (non-hydrogen) atoms. The smallest absolute Gasteiger partial charge is 0.348 e. The van der Waals surface area contributed by atoms with Crippen LogP contribution in [0, 0.1) is 0 Å². The number of hydrogen-bond donors (Lipinski definition) is 0. The summed E-state index contributed by atoms with van der Waals surface area (Å²) in [4.78, 5) is 44.9. The van der Waals surface area contributed by atoms with Gasteiger partial charge >= 0.3 is 23.9 Å². The molecule has 2 aliphatic heterocycles. The SMILES string of the molecule is O=C1OC(=O)c2c(Cl)c(Cl)c(Cl)c(Cl)c21.O=C1OC(=O)c2c(Cl)c(Cl)c(Cl)c(Cl)c21. The zero-order chi connectivity index (χ0) is 22.7. The highest BCUT2D eigenvalue weighted by Gasteiger charge is 2.38. The highest BCUT2D eigenvalue weighted by molar-refractivity contribution is 6.55. The summed E-state index contributed by atoms with van der Waals surface area (Å²) in [5, 5.41) is -0.812. The molecule has 4 rings (SSSR count). The minimum absolute atomic E-state index is 0.0752. The van der Waals surface area contributed by atoms with Gasteiger partial charge in [0.1, 0.15) is 0 Å². The maximum absolute atomic E-state index is 11.2. The quantitative estimate of drug-likeness (QED) is 0.144. The van der Waals surface area contributed by atoms with Crippen LogP contribution >= 0.6 is 92.8 Å². The van der Waals surface area contributed by atoms with Gasteiger partial charge in [-0.25, -0.2) is 19.2 Å². The van der Waals surface area contributed by atoms with Gasteiger partial charge in [0.25, 0.3) is 0 Å². The third-order valence-electron chi connectivity index (χ3n) is 3.72. The van der Waals surface area contributed by atoms with Crippen LogP contribution in [0.2, 0.25) is 40.2 Å². The highest BCUT2D eigenvalue weighted by Crippen LogP contribution is 2.45. The number of cyclic esters (lactones) is 4. The first-order chi connectivity index (χ1) is 13.9. The second-order valence-corrected chi connectivity index (χ2v) is 8.39. The molecule has 2 aromatic rings. The van der Waals surface area contributed by atoms with Crippen LogP contribution < -0.4 is 0 Å². The molecule has 6 nitrogen and oxygen atoms in total. The molecule has 0 atom stereocenters. The molecule has 156 valence electrons. The summed E-state index contributed by atoms with van der Waals surface area (Å²) in [6, 6.07) is 0. The van der Waals surface area contributed by atoms with Crippen molar-refractivity contribution in [3.05, 3.63) is 62.4 Å². The molecule has 0 unspecified atom stereocenters. The molecule has 0 bridgehead atoms. The van der Waals surface area contributed by atoms with Crippen LogP contribution in [-0.4, -0.2) is 23.9 Å². The number of fused-ring (bicyclic) bond motifs is 2. The van der Waals surface area contributed by atoms with Gasteiger partial charge in [-0.15, -0.1) is 0 Å². The Hall–Kier alpha value is -0.960. The summed E-state index contributed by atoms with van der Waals surface area (Å²) in [7, 11) is 0. The Balaban J connectivity index is 0.000000171. The van der Waals surface area contributed by atoms with Gasteiger partial charge in [0.15, 0.2) is 0 Å². The van der Waals surface area contributed by atoms with Crippen molar-refractivity contribution in [2.24, 2.45) is 0 Å². The van der Waals surface area contributed by atoms with E-state index < -0.39 is 23.9 Å². The fraction of sp³-hybridized carbons (Fsp3) is 0. The van der Waals surface area contributed by atoms with Gasteiger partial charge < -0.3 is 9.47 Å². The van der Waals surface area contributed by atoms with Crippen molar-refractivity contribution in [3.8, 4) is 0 Å². The van der Waals surface area contributed by atoms with E-state index in [4.69, 9.17) is 92.8 Å². The molecule has 0 amide bonds. The standard InChI is InChI=1S/2C8Cl4O3/c2*9-3-1-2(8(14)15-7(1)13)4(10)6(12)5(3)11. The molecule has 0 fully saturated rings. The predicted octanol–water partition coefficient (Wildman–Crippen LogP) is 7.22. The lowest BCUT2D eigenvalue weighted by Gasteiger charge is -2.04. The molecule has 0 spiro atoms. The zero-order valence-corrected chi connectivity index (χ0v) is 19.5. The fourth-order valence-electron chi connectivity index (χ4n) is 2.40. The summed E-state index contributed by atoms with van der Waals surface area (Å²) in [6.07, 6.45) is 0. The lowest BCUT2D eigenvalue weighted by molar-refractivity contribution is 0.0425. The van der Waals surface area contributed by atoms with Crippen LogP contribution in [0.3, 0.4) is 0 Å². The molecule has 0 saturated heterocycles. The molecule has 0 aromatic heterocycles. The van der Waals surface area contributed by atoms with E-state index in [1.54, 1.807) is 0 Å². The molecule has 2 heterocycles.